The molecule has 21 heavy (non-hydrogen) atoms. The van der Waals surface area contributed by atoms with Crippen molar-refractivity contribution in [2.24, 2.45) is 0 Å². The van der Waals surface area contributed by atoms with E-state index in [-0.39, 0.29) is 17.1 Å². The van der Waals surface area contributed by atoms with Gasteiger partial charge in [-0.1, -0.05) is 41.7 Å². The van der Waals surface area contributed by atoms with E-state index in [4.69, 9.17) is 0 Å². The van der Waals surface area contributed by atoms with Gasteiger partial charge >= 0.3 is 17.1 Å². The van der Waals surface area contributed by atoms with Crippen molar-refractivity contribution in [3.05, 3.63) is 98.3 Å². The topological polar surface area (TPSA) is 0 Å². The normalized spacial score (nSPS) is 20.5. The van der Waals surface area contributed by atoms with E-state index < -0.39 is 0 Å². The van der Waals surface area contributed by atoms with Crippen LogP contribution in [-0.2, 0) is 17.1 Å². The number of hydrogen-bond acceptors (Lipinski definition) is 2. The van der Waals surface area contributed by atoms with Gasteiger partial charge < -0.3 is 0 Å². The molecule has 1 aromatic rings. The molecule has 0 aromatic heterocycles. The van der Waals surface area contributed by atoms with Crippen molar-refractivity contribution >= 4 is 23.5 Å². The van der Waals surface area contributed by atoms with E-state index in [0.29, 0.717) is 0 Å². The largest absolute Gasteiger partial charge is 2.00 e. The number of fused-ring (bicyclic) bond motifs is 1. The SMILES string of the molecule is [CH]1[CH][CH][CH][CH]1.[CH]1[CH][CH][C](C=C2Sc3ccccc3S2)[CH]1.[Fe+2]. The Kier molecular flexibility index (Phi) is 7.80. The second-order valence-corrected chi connectivity index (χ2v) is 6.72. The Morgan fingerprint density at radius 2 is 1.14 bits per heavy atom. The van der Waals surface area contributed by atoms with Crippen molar-refractivity contribution in [1.29, 1.82) is 0 Å². The molecule has 3 aliphatic rings. The van der Waals surface area contributed by atoms with Crippen LogP contribution in [0.2, 0.25) is 0 Å². The Morgan fingerprint density at radius 1 is 0.667 bits per heavy atom. The molecular formula is C18H14FeS2+2. The average molecular weight is 350 g/mol. The molecule has 4 rings (SSSR count). The number of allylic oxidation sites excluding steroid dienone is 1. The van der Waals surface area contributed by atoms with E-state index in [1.807, 2.05) is 55.6 Å². The minimum Gasteiger partial charge on any atom is -0.0819 e. The zero-order chi connectivity index (χ0) is 13.6. The number of thioether (sulfide) groups is 2. The second kappa shape index (κ2) is 9.35. The van der Waals surface area contributed by atoms with Crippen molar-refractivity contribution in [3.63, 3.8) is 0 Å². The summed E-state index contributed by atoms with van der Waals surface area (Å²) >= 11 is 3.72. The van der Waals surface area contributed by atoms with Crippen LogP contribution in [0.1, 0.15) is 0 Å². The van der Waals surface area contributed by atoms with E-state index in [0.717, 1.165) is 0 Å². The third-order valence-electron chi connectivity index (χ3n) is 2.80. The Morgan fingerprint density at radius 3 is 1.62 bits per heavy atom. The maximum atomic E-state index is 2.25. The van der Waals surface area contributed by atoms with Crippen LogP contribution in [-0.4, -0.2) is 0 Å². The molecule has 1 heterocycles. The standard InChI is InChI=1S/C13H9S2.C5H5.Fe/c1-2-6-10(5-1)9-13-14-11-7-3-4-8-12(11)15-13;1-2-4-5-3-1;/h1-9H;1-5H;/q;;+2. The molecule has 0 saturated heterocycles. The van der Waals surface area contributed by atoms with Gasteiger partial charge in [0.15, 0.2) is 0 Å². The summed E-state index contributed by atoms with van der Waals surface area (Å²) in [5.41, 5.74) is 0. The van der Waals surface area contributed by atoms with Gasteiger partial charge in [0.1, 0.15) is 0 Å². The van der Waals surface area contributed by atoms with E-state index in [2.05, 4.69) is 56.0 Å². The van der Waals surface area contributed by atoms with Crippen molar-refractivity contribution < 1.29 is 17.1 Å². The number of benzene rings is 1. The third-order valence-corrected chi connectivity index (χ3v) is 5.22. The molecular weight excluding hydrogens is 336 g/mol. The first-order valence-corrected chi connectivity index (χ1v) is 8.10. The predicted molar refractivity (Wildman–Crippen MR) is 88.2 cm³/mol. The van der Waals surface area contributed by atoms with Crippen LogP contribution in [0.15, 0.2) is 44.4 Å². The predicted octanol–water partition coefficient (Wildman–Crippen LogP) is 5.15. The fourth-order valence-corrected chi connectivity index (χ4v) is 4.27. The molecule has 0 atom stereocenters. The van der Waals surface area contributed by atoms with Gasteiger partial charge in [-0.3, -0.25) is 0 Å². The molecule has 1 aliphatic heterocycles. The average Bonchev–Trinajstić information content (AvgIpc) is 3.22. The van der Waals surface area contributed by atoms with Gasteiger partial charge in [-0.05, 0) is 69.9 Å². The smallest absolute Gasteiger partial charge is 0.0819 e. The zero-order valence-corrected chi connectivity index (χ0v) is 14.0. The maximum absolute atomic E-state index is 2.25. The Labute approximate surface area is 148 Å². The molecule has 0 nitrogen and oxygen atoms in total. The van der Waals surface area contributed by atoms with Crippen LogP contribution < -0.4 is 0 Å². The summed E-state index contributed by atoms with van der Waals surface area (Å²) in [5.74, 6) is 1.29. The summed E-state index contributed by atoms with van der Waals surface area (Å²) in [6.07, 6.45) is 20.7. The quantitative estimate of drug-likeness (QED) is 0.643. The third kappa shape index (κ3) is 5.39. The Balaban J connectivity index is 0.000000231. The summed E-state index contributed by atoms with van der Waals surface area (Å²) in [6.45, 7) is 0. The van der Waals surface area contributed by atoms with Gasteiger partial charge in [-0.25, -0.2) is 0 Å². The summed E-state index contributed by atoms with van der Waals surface area (Å²) in [4.78, 5) is 2.75. The maximum Gasteiger partial charge on any atom is 2.00 e. The van der Waals surface area contributed by atoms with Crippen LogP contribution in [0.25, 0.3) is 0 Å². The summed E-state index contributed by atoms with van der Waals surface area (Å²) in [6, 6.07) is 8.55. The second-order valence-electron chi connectivity index (χ2n) is 4.29. The molecule has 0 unspecified atom stereocenters. The summed E-state index contributed by atoms with van der Waals surface area (Å²) in [5, 5.41) is 0. The first kappa shape index (κ1) is 17.5. The van der Waals surface area contributed by atoms with E-state index in [1.54, 1.807) is 0 Å². The van der Waals surface area contributed by atoms with Gasteiger partial charge in [0.25, 0.3) is 0 Å². The molecule has 0 spiro atoms. The Hall–Kier alpha value is 0.179. The Bertz CT molecular complexity index is 425. The molecule has 2 aliphatic carbocycles. The molecule has 2 saturated carbocycles. The number of hydrogen-bond donors (Lipinski definition) is 0. The van der Waals surface area contributed by atoms with Crippen molar-refractivity contribution in [2.45, 2.75) is 9.79 Å². The fraction of sp³-hybridized carbons (Fsp3) is 0. The van der Waals surface area contributed by atoms with Gasteiger partial charge in [0, 0.05) is 19.9 Å². The van der Waals surface area contributed by atoms with Crippen molar-refractivity contribution in [3.8, 4) is 0 Å². The molecule has 1 aromatic carbocycles. The summed E-state index contributed by atoms with van der Waals surface area (Å²) in [7, 11) is 0. The minimum atomic E-state index is 0. The zero-order valence-electron chi connectivity index (χ0n) is 11.3. The molecule has 104 valence electrons. The van der Waals surface area contributed by atoms with Crippen LogP contribution in [0.5, 0.6) is 0 Å². The van der Waals surface area contributed by atoms with Gasteiger partial charge in [-0.2, -0.15) is 0 Å². The molecule has 10 radical (unpaired) electrons. The van der Waals surface area contributed by atoms with Gasteiger partial charge in [0.2, 0.25) is 0 Å². The molecule has 2 fully saturated rings. The molecule has 0 N–H and O–H groups in total. The fourth-order valence-electron chi connectivity index (χ4n) is 1.86. The monoisotopic (exact) mass is 350 g/mol. The van der Waals surface area contributed by atoms with Gasteiger partial charge in [0.05, 0.1) is 0 Å². The molecule has 0 bridgehead atoms. The number of rotatable bonds is 1. The van der Waals surface area contributed by atoms with Gasteiger partial charge in [-0.15, -0.1) is 0 Å². The van der Waals surface area contributed by atoms with Crippen LogP contribution in [0.4, 0.5) is 0 Å². The first-order valence-electron chi connectivity index (χ1n) is 6.47. The summed E-state index contributed by atoms with van der Waals surface area (Å²) < 4.78 is 1.36. The van der Waals surface area contributed by atoms with Crippen molar-refractivity contribution in [1.82, 2.24) is 0 Å². The van der Waals surface area contributed by atoms with E-state index >= 15 is 0 Å². The van der Waals surface area contributed by atoms with Crippen LogP contribution in [0.3, 0.4) is 0 Å². The first-order chi connectivity index (χ1) is 9.92. The van der Waals surface area contributed by atoms with Crippen molar-refractivity contribution in [2.75, 3.05) is 0 Å². The minimum absolute atomic E-state index is 0. The van der Waals surface area contributed by atoms with E-state index in [9.17, 15) is 0 Å². The van der Waals surface area contributed by atoms with E-state index in [1.165, 1.54) is 19.9 Å². The van der Waals surface area contributed by atoms with Crippen LogP contribution >= 0.6 is 23.5 Å². The van der Waals surface area contributed by atoms with Crippen LogP contribution in [0, 0.1) is 63.7 Å². The molecule has 3 heteroatoms. The molecule has 0 amide bonds.